The molecule has 1 atom stereocenters. The summed E-state index contributed by atoms with van der Waals surface area (Å²) in [6.45, 7) is 5.81. The van der Waals surface area contributed by atoms with E-state index in [-0.39, 0.29) is 6.04 Å². The van der Waals surface area contributed by atoms with Crippen molar-refractivity contribution >= 4 is 11.3 Å². The van der Waals surface area contributed by atoms with Crippen LogP contribution in [-0.4, -0.2) is 30.5 Å². The van der Waals surface area contributed by atoms with Crippen molar-refractivity contribution in [1.82, 2.24) is 15.1 Å². The van der Waals surface area contributed by atoms with E-state index in [1.807, 2.05) is 16.1 Å². The van der Waals surface area contributed by atoms with Gasteiger partial charge in [-0.1, -0.05) is 6.92 Å². The largest absolute Gasteiger partial charge is 0.496 e. The molecule has 0 spiro atoms. The van der Waals surface area contributed by atoms with Gasteiger partial charge in [-0.25, -0.2) is 0 Å². The van der Waals surface area contributed by atoms with E-state index in [0.717, 1.165) is 35.2 Å². The van der Waals surface area contributed by atoms with E-state index in [2.05, 4.69) is 24.3 Å². The molecule has 0 fully saturated rings. The maximum atomic E-state index is 5.47. The number of nitrogens with zero attached hydrogens (tertiary/aromatic N) is 2. The third kappa shape index (κ3) is 2.66. The quantitative estimate of drug-likeness (QED) is 0.853. The highest BCUT2D eigenvalue weighted by atomic mass is 32.1. The van der Waals surface area contributed by atoms with E-state index in [4.69, 9.17) is 9.47 Å². The maximum absolute atomic E-state index is 5.47. The molecular weight excluding hydrogens is 274 g/mol. The SMILES string of the molecule is CCNC(c1sccc1OC)c1c(OC)cnn1CC. The minimum Gasteiger partial charge on any atom is -0.496 e. The lowest BCUT2D eigenvalue weighted by Crippen LogP contribution is -2.25. The van der Waals surface area contributed by atoms with Gasteiger partial charge in [0.15, 0.2) is 5.75 Å². The molecule has 0 saturated heterocycles. The number of rotatable bonds is 7. The first kappa shape index (κ1) is 14.9. The van der Waals surface area contributed by atoms with Crippen molar-refractivity contribution in [3.63, 3.8) is 0 Å². The van der Waals surface area contributed by atoms with Gasteiger partial charge < -0.3 is 14.8 Å². The molecule has 0 aliphatic rings. The Morgan fingerprint density at radius 1 is 1.30 bits per heavy atom. The number of aryl methyl sites for hydroxylation is 1. The van der Waals surface area contributed by atoms with Crippen LogP contribution >= 0.6 is 11.3 Å². The third-order valence-electron chi connectivity index (χ3n) is 3.19. The van der Waals surface area contributed by atoms with Gasteiger partial charge in [0.1, 0.15) is 11.4 Å². The van der Waals surface area contributed by atoms with Crippen LogP contribution in [0.3, 0.4) is 0 Å². The van der Waals surface area contributed by atoms with Gasteiger partial charge in [-0.05, 0) is 24.9 Å². The topological polar surface area (TPSA) is 48.3 Å². The number of hydrogen-bond donors (Lipinski definition) is 1. The first-order chi connectivity index (χ1) is 9.76. The van der Waals surface area contributed by atoms with E-state index in [1.54, 1.807) is 31.8 Å². The normalized spacial score (nSPS) is 12.4. The van der Waals surface area contributed by atoms with Crippen molar-refractivity contribution in [2.24, 2.45) is 0 Å². The molecule has 2 aromatic heterocycles. The standard InChI is InChI=1S/C14H21N3O2S/c1-5-15-12(14-10(18-3)7-8-20-14)13-11(19-4)9-16-17(13)6-2/h7-9,12,15H,5-6H2,1-4H3. The summed E-state index contributed by atoms with van der Waals surface area (Å²) in [7, 11) is 3.37. The first-order valence-electron chi connectivity index (χ1n) is 6.71. The molecule has 2 rings (SSSR count). The summed E-state index contributed by atoms with van der Waals surface area (Å²) in [6, 6.07) is 2.01. The molecule has 110 valence electrons. The number of methoxy groups -OCH3 is 2. The monoisotopic (exact) mass is 295 g/mol. The zero-order chi connectivity index (χ0) is 14.5. The second-order valence-corrected chi connectivity index (χ2v) is 5.21. The number of nitrogens with one attached hydrogen (secondary N) is 1. The fourth-order valence-electron chi connectivity index (χ4n) is 2.28. The Morgan fingerprint density at radius 2 is 2.05 bits per heavy atom. The van der Waals surface area contributed by atoms with Gasteiger partial charge in [0.25, 0.3) is 0 Å². The van der Waals surface area contributed by atoms with E-state index >= 15 is 0 Å². The van der Waals surface area contributed by atoms with Crippen LogP contribution in [0.2, 0.25) is 0 Å². The Balaban J connectivity index is 2.50. The molecule has 6 heteroatoms. The molecule has 5 nitrogen and oxygen atoms in total. The van der Waals surface area contributed by atoms with E-state index in [1.165, 1.54) is 0 Å². The van der Waals surface area contributed by atoms with Gasteiger partial charge >= 0.3 is 0 Å². The molecule has 0 amide bonds. The van der Waals surface area contributed by atoms with Crippen LogP contribution in [0.25, 0.3) is 0 Å². The van der Waals surface area contributed by atoms with Crippen molar-refractivity contribution in [3.05, 3.63) is 28.2 Å². The van der Waals surface area contributed by atoms with Gasteiger partial charge in [0.05, 0.1) is 31.3 Å². The summed E-state index contributed by atoms with van der Waals surface area (Å²) < 4.78 is 12.9. The maximum Gasteiger partial charge on any atom is 0.161 e. The van der Waals surface area contributed by atoms with Crippen LogP contribution in [0.5, 0.6) is 11.5 Å². The zero-order valence-electron chi connectivity index (χ0n) is 12.3. The Bertz CT molecular complexity index is 529. The number of aromatic nitrogens is 2. The van der Waals surface area contributed by atoms with Crippen molar-refractivity contribution < 1.29 is 9.47 Å². The average Bonchev–Trinajstić information content (AvgIpc) is 3.10. The van der Waals surface area contributed by atoms with Crippen molar-refractivity contribution in [2.75, 3.05) is 20.8 Å². The highest BCUT2D eigenvalue weighted by molar-refractivity contribution is 7.10. The molecule has 0 aromatic carbocycles. The smallest absolute Gasteiger partial charge is 0.161 e. The summed E-state index contributed by atoms with van der Waals surface area (Å²) in [5, 5.41) is 9.93. The minimum atomic E-state index is 0.0207. The van der Waals surface area contributed by atoms with Gasteiger partial charge in [0, 0.05) is 6.54 Å². The number of ether oxygens (including phenoxy) is 2. The molecule has 0 aliphatic carbocycles. The van der Waals surface area contributed by atoms with E-state index in [9.17, 15) is 0 Å². The Kier molecular flexibility index (Phi) is 5.03. The molecule has 0 saturated carbocycles. The minimum absolute atomic E-state index is 0.0207. The fourth-order valence-corrected chi connectivity index (χ4v) is 3.22. The summed E-state index contributed by atoms with van der Waals surface area (Å²) in [5.41, 5.74) is 1.04. The van der Waals surface area contributed by atoms with Crippen LogP contribution in [0.15, 0.2) is 17.6 Å². The van der Waals surface area contributed by atoms with Crippen molar-refractivity contribution in [2.45, 2.75) is 26.4 Å². The average molecular weight is 295 g/mol. The lowest BCUT2D eigenvalue weighted by atomic mass is 10.1. The Hall–Kier alpha value is -1.53. The summed E-state index contributed by atoms with van der Waals surface area (Å²) in [4.78, 5) is 1.14. The second kappa shape index (κ2) is 6.76. The molecule has 1 N–H and O–H groups in total. The Morgan fingerprint density at radius 3 is 2.65 bits per heavy atom. The van der Waals surface area contributed by atoms with Gasteiger partial charge in [0.2, 0.25) is 0 Å². The van der Waals surface area contributed by atoms with Crippen LogP contribution < -0.4 is 14.8 Å². The van der Waals surface area contributed by atoms with Gasteiger partial charge in [-0.3, -0.25) is 4.68 Å². The molecule has 0 radical (unpaired) electrons. The molecular formula is C14H21N3O2S. The highest BCUT2D eigenvalue weighted by Crippen LogP contribution is 2.38. The lowest BCUT2D eigenvalue weighted by Gasteiger charge is -2.20. The van der Waals surface area contributed by atoms with Crippen molar-refractivity contribution in [1.29, 1.82) is 0 Å². The van der Waals surface area contributed by atoms with E-state index < -0.39 is 0 Å². The predicted molar refractivity (Wildman–Crippen MR) is 80.8 cm³/mol. The van der Waals surface area contributed by atoms with Crippen molar-refractivity contribution in [3.8, 4) is 11.5 Å². The Labute approximate surface area is 123 Å². The van der Waals surface area contributed by atoms with Crippen LogP contribution in [-0.2, 0) is 6.54 Å². The van der Waals surface area contributed by atoms with Gasteiger partial charge in [-0.2, -0.15) is 5.10 Å². The summed E-state index contributed by atoms with van der Waals surface area (Å²) >= 11 is 1.67. The predicted octanol–water partition coefficient (Wildman–Crippen LogP) is 2.68. The number of thiophene rings is 1. The summed E-state index contributed by atoms with van der Waals surface area (Å²) in [6.07, 6.45) is 1.77. The van der Waals surface area contributed by atoms with Crippen LogP contribution in [0.4, 0.5) is 0 Å². The molecule has 20 heavy (non-hydrogen) atoms. The second-order valence-electron chi connectivity index (χ2n) is 4.26. The molecule has 0 aliphatic heterocycles. The molecule has 0 bridgehead atoms. The third-order valence-corrected chi connectivity index (χ3v) is 4.15. The van der Waals surface area contributed by atoms with Gasteiger partial charge in [-0.15, -0.1) is 11.3 Å². The first-order valence-corrected chi connectivity index (χ1v) is 7.59. The highest BCUT2D eigenvalue weighted by Gasteiger charge is 2.26. The molecule has 2 heterocycles. The van der Waals surface area contributed by atoms with E-state index in [0.29, 0.717) is 0 Å². The lowest BCUT2D eigenvalue weighted by molar-refractivity contribution is 0.391. The molecule has 2 aromatic rings. The molecule has 1 unspecified atom stereocenters. The van der Waals surface area contributed by atoms with Crippen LogP contribution in [0.1, 0.15) is 30.5 Å². The zero-order valence-corrected chi connectivity index (χ0v) is 13.2. The number of hydrogen-bond acceptors (Lipinski definition) is 5. The van der Waals surface area contributed by atoms with Crippen LogP contribution in [0, 0.1) is 0 Å². The fraction of sp³-hybridized carbons (Fsp3) is 0.500. The summed E-state index contributed by atoms with van der Waals surface area (Å²) in [5.74, 6) is 1.69.